The van der Waals surface area contributed by atoms with E-state index in [1.54, 1.807) is 14.2 Å². The van der Waals surface area contributed by atoms with Crippen LogP contribution in [-0.4, -0.2) is 56.6 Å². The molecule has 3 N–H and O–H groups in total. The highest BCUT2D eigenvalue weighted by Gasteiger charge is 2.27. The van der Waals surface area contributed by atoms with Gasteiger partial charge in [-0.15, -0.1) is 12.4 Å². The van der Waals surface area contributed by atoms with Gasteiger partial charge < -0.3 is 25.4 Å². The number of halogens is 1. The first-order valence-electron chi connectivity index (χ1n) is 9.06. The Labute approximate surface area is 167 Å². The predicted octanol–water partition coefficient (Wildman–Crippen LogP) is 1.51. The van der Waals surface area contributed by atoms with Gasteiger partial charge in [-0.25, -0.2) is 0 Å². The Hall–Kier alpha value is -1.99. The third kappa shape index (κ3) is 6.59. The third-order valence-electron chi connectivity index (χ3n) is 4.68. The summed E-state index contributed by atoms with van der Waals surface area (Å²) in [5.41, 5.74) is 6.20. The molecule has 1 aliphatic rings. The number of piperidine rings is 1. The summed E-state index contributed by atoms with van der Waals surface area (Å²) < 4.78 is 10.6. The van der Waals surface area contributed by atoms with E-state index in [4.69, 9.17) is 15.2 Å². The molecule has 2 amide bonds. The first kappa shape index (κ1) is 23.0. The number of rotatable bonds is 8. The molecule has 8 heteroatoms. The number of carbonyl (C=O) groups is 2. The van der Waals surface area contributed by atoms with Gasteiger partial charge in [-0.05, 0) is 37.5 Å². The van der Waals surface area contributed by atoms with Crippen LogP contribution in [0.15, 0.2) is 18.2 Å². The Kier molecular flexibility index (Phi) is 9.96. The molecule has 152 valence electrons. The monoisotopic (exact) mass is 399 g/mol. The van der Waals surface area contributed by atoms with Crippen molar-refractivity contribution in [3.63, 3.8) is 0 Å². The number of hydrogen-bond acceptors (Lipinski definition) is 5. The number of amides is 2. The van der Waals surface area contributed by atoms with Crippen LogP contribution in [0.5, 0.6) is 11.5 Å². The summed E-state index contributed by atoms with van der Waals surface area (Å²) in [6.45, 7) is 1.51. The van der Waals surface area contributed by atoms with Crippen LogP contribution in [0, 0.1) is 0 Å². The second-order valence-corrected chi connectivity index (χ2v) is 6.43. The molecular formula is C19H30ClN3O4. The topological polar surface area (TPSA) is 93.9 Å². The molecule has 1 fully saturated rings. The first-order chi connectivity index (χ1) is 12.6. The fourth-order valence-corrected chi connectivity index (χ4v) is 3.28. The quantitative estimate of drug-likeness (QED) is 0.691. The molecule has 1 heterocycles. The van der Waals surface area contributed by atoms with Gasteiger partial charge in [0.15, 0.2) is 0 Å². The van der Waals surface area contributed by atoms with Crippen molar-refractivity contribution in [2.75, 3.05) is 33.9 Å². The number of methoxy groups -OCH3 is 2. The number of nitrogens with one attached hydrogen (secondary N) is 1. The van der Waals surface area contributed by atoms with Crippen molar-refractivity contribution in [3.05, 3.63) is 23.8 Å². The van der Waals surface area contributed by atoms with Crippen molar-refractivity contribution in [1.29, 1.82) is 0 Å². The summed E-state index contributed by atoms with van der Waals surface area (Å²) in [6, 6.07) is 5.47. The number of likely N-dealkylation sites (tertiary alicyclic amines) is 1. The van der Waals surface area contributed by atoms with Crippen LogP contribution in [0.25, 0.3) is 0 Å². The summed E-state index contributed by atoms with van der Waals surface area (Å²) in [5, 5.41) is 2.89. The summed E-state index contributed by atoms with van der Waals surface area (Å²) in [4.78, 5) is 26.5. The van der Waals surface area contributed by atoms with Crippen molar-refractivity contribution in [2.45, 2.75) is 38.1 Å². The van der Waals surface area contributed by atoms with E-state index in [0.29, 0.717) is 37.6 Å². The van der Waals surface area contributed by atoms with E-state index in [0.717, 1.165) is 24.8 Å². The number of nitrogens with two attached hydrogens (primary N) is 1. The molecule has 27 heavy (non-hydrogen) atoms. The van der Waals surface area contributed by atoms with Gasteiger partial charge in [-0.3, -0.25) is 9.59 Å². The maximum Gasteiger partial charge on any atom is 0.227 e. The fourth-order valence-electron chi connectivity index (χ4n) is 3.28. The van der Waals surface area contributed by atoms with E-state index in [9.17, 15) is 9.59 Å². The molecule has 0 radical (unpaired) electrons. The molecule has 1 aromatic rings. The average molecular weight is 400 g/mol. The molecule has 1 aliphatic heterocycles. The lowest BCUT2D eigenvalue weighted by Crippen LogP contribution is -2.50. The Balaban J connectivity index is 0.00000364. The Morgan fingerprint density at radius 2 is 2.04 bits per heavy atom. The molecule has 2 rings (SSSR count). The van der Waals surface area contributed by atoms with Crippen LogP contribution in [0.1, 0.15) is 31.2 Å². The minimum atomic E-state index is -0.0695. The Morgan fingerprint density at radius 1 is 1.26 bits per heavy atom. The van der Waals surface area contributed by atoms with Gasteiger partial charge >= 0.3 is 0 Å². The van der Waals surface area contributed by atoms with Crippen LogP contribution in [0.3, 0.4) is 0 Å². The SMILES string of the molecule is COc1ccc(OC)c(CC(=O)N2CCCCC2CNC(=O)CCN)c1.Cl. The molecule has 0 bridgehead atoms. The molecule has 0 saturated carbocycles. The van der Waals surface area contributed by atoms with Crippen LogP contribution in [-0.2, 0) is 16.0 Å². The standard InChI is InChI=1S/C19H29N3O4.ClH/c1-25-16-6-7-17(26-2)14(11-16)12-19(24)22-10-4-3-5-15(22)13-21-18(23)8-9-20;/h6-7,11,15H,3-5,8-10,12-13,20H2,1-2H3,(H,21,23);1H. The third-order valence-corrected chi connectivity index (χ3v) is 4.68. The maximum atomic E-state index is 12.9. The fraction of sp³-hybridized carbons (Fsp3) is 0.579. The van der Waals surface area contributed by atoms with Crippen LogP contribution in [0.4, 0.5) is 0 Å². The molecule has 0 spiro atoms. The number of benzene rings is 1. The van der Waals surface area contributed by atoms with Crippen molar-refractivity contribution in [3.8, 4) is 11.5 Å². The van der Waals surface area contributed by atoms with Gasteiger partial charge in [0.25, 0.3) is 0 Å². The molecule has 0 aliphatic carbocycles. The lowest BCUT2D eigenvalue weighted by Gasteiger charge is -2.36. The summed E-state index contributed by atoms with van der Waals surface area (Å²) in [7, 11) is 3.19. The highest BCUT2D eigenvalue weighted by molar-refractivity contribution is 5.85. The van der Waals surface area contributed by atoms with Crippen LogP contribution in [0.2, 0.25) is 0 Å². The van der Waals surface area contributed by atoms with Crippen molar-refractivity contribution < 1.29 is 19.1 Å². The highest BCUT2D eigenvalue weighted by Crippen LogP contribution is 2.26. The molecule has 1 atom stereocenters. The van der Waals surface area contributed by atoms with Crippen LogP contribution >= 0.6 is 12.4 Å². The van der Waals surface area contributed by atoms with Gasteiger partial charge in [0.1, 0.15) is 11.5 Å². The van der Waals surface area contributed by atoms with E-state index in [1.807, 2.05) is 23.1 Å². The minimum absolute atomic E-state index is 0. The molecule has 7 nitrogen and oxygen atoms in total. The Morgan fingerprint density at radius 3 is 2.70 bits per heavy atom. The second kappa shape index (κ2) is 11.7. The second-order valence-electron chi connectivity index (χ2n) is 6.43. The minimum Gasteiger partial charge on any atom is -0.497 e. The zero-order valence-electron chi connectivity index (χ0n) is 16.0. The van der Waals surface area contributed by atoms with Crippen molar-refractivity contribution in [2.24, 2.45) is 5.73 Å². The summed E-state index contributed by atoms with van der Waals surface area (Å²) >= 11 is 0. The molecule has 1 saturated heterocycles. The van der Waals surface area contributed by atoms with E-state index in [1.165, 1.54) is 0 Å². The van der Waals surface area contributed by atoms with E-state index >= 15 is 0 Å². The number of carbonyl (C=O) groups excluding carboxylic acids is 2. The maximum absolute atomic E-state index is 12.9. The number of nitrogens with zero attached hydrogens (tertiary/aromatic N) is 1. The van der Waals surface area contributed by atoms with E-state index < -0.39 is 0 Å². The lowest BCUT2D eigenvalue weighted by atomic mass is 10.00. The molecule has 0 aromatic heterocycles. The smallest absolute Gasteiger partial charge is 0.227 e. The zero-order valence-corrected chi connectivity index (χ0v) is 16.8. The van der Waals surface area contributed by atoms with Crippen molar-refractivity contribution in [1.82, 2.24) is 10.2 Å². The summed E-state index contributed by atoms with van der Waals surface area (Å²) in [6.07, 6.45) is 3.48. The largest absolute Gasteiger partial charge is 0.497 e. The van der Waals surface area contributed by atoms with Gasteiger partial charge in [0.05, 0.1) is 20.6 Å². The average Bonchev–Trinajstić information content (AvgIpc) is 2.66. The van der Waals surface area contributed by atoms with Crippen LogP contribution < -0.4 is 20.5 Å². The van der Waals surface area contributed by atoms with E-state index in [-0.39, 0.29) is 36.7 Å². The highest BCUT2D eigenvalue weighted by atomic mass is 35.5. The van der Waals surface area contributed by atoms with Crippen molar-refractivity contribution >= 4 is 24.2 Å². The van der Waals surface area contributed by atoms with Gasteiger partial charge in [0, 0.05) is 37.7 Å². The first-order valence-corrected chi connectivity index (χ1v) is 9.06. The molecule has 1 aromatic carbocycles. The lowest BCUT2D eigenvalue weighted by molar-refractivity contribution is -0.134. The zero-order chi connectivity index (χ0) is 18.9. The number of hydrogen-bond donors (Lipinski definition) is 2. The van der Waals surface area contributed by atoms with E-state index in [2.05, 4.69) is 5.32 Å². The molecular weight excluding hydrogens is 370 g/mol. The van der Waals surface area contributed by atoms with Gasteiger partial charge in [-0.1, -0.05) is 0 Å². The van der Waals surface area contributed by atoms with Gasteiger partial charge in [0.2, 0.25) is 11.8 Å². The summed E-state index contributed by atoms with van der Waals surface area (Å²) in [5.74, 6) is 1.33. The molecule has 1 unspecified atom stereocenters. The normalized spacial score (nSPS) is 16.3. The Bertz CT molecular complexity index is 627. The van der Waals surface area contributed by atoms with Gasteiger partial charge in [-0.2, -0.15) is 0 Å². The predicted molar refractivity (Wildman–Crippen MR) is 107 cm³/mol. The number of ether oxygens (including phenoxy) is 2.